The van der Waals surface area contributed by atoms with Gasteiger partial charge < -0.3 is 21.3 Å². The summed E-state index contributed by atoms with van der Waals surface area (Å²) >= 11 is 0. The minimum Gasteiger partial charge on any atom is -0.383 e. The number of hydrogen-bond acceptors (Lipinski definition) is 6. The molecule has 0 spiro atoms. The van der Waals surface area contributed by atoms with E-state index in [0.717, 1.165) is 18.4 Å². The van der Waals surface area contributed by atoms with Crippen LogP contribution in [0.4, 0.5) is 0 Å². The minimum absolute atomic E-state index is 0.449. The Balaban J connectivity index is 1.16. The first-order valence-electron chi connectivity index (χ1n) is 16.5. The van der Waals surface area contributed by atoms with Crippen LogP contribution >= 0.6 is 0 Å². The Kier molecular flexibility index (Phi) is 11.9. The van der Waals surface area contributed by atoms with Crippen molar-refractivity contribution in [2.75, 3.05) is 58.9 Å². The fourth-order valence-corrected chi connectivity index (χ4v) is 7.97. The molecule has 4 aliphatic heterocycles. The fraction of sp³-hybridized carbons (Fsp3) is 0.875. The number of nitrogens with one attached hydrogen (secondary N) is 4. The third kappa shape index (κ3) is 9.62. The van der Waals surface area contributed by atoms with E-state index in [9.17, 15) is 0 Å². The molecule has 0 aromatic heterocycles. The van der Waals surface area contributed by atoms with E-state index in [1.54, 1.807) is 0 Å². The van der Waals surface area contributed by atoms with Crippen molar-refractivity contribution in [3.05, 3.63) is 24.4 Å². The molecular weight excluding hydrogens is 468 g/mol. The number of piperidine rings is 3. The van der Waals surface area contributed by atoms with E-state index in [0.29, 0.717) is 24.2 Å². The Morgan fingerprint density at radius 1 is 0.526 bits per heavy atom. The molecule has 6 atom stereocenters. The molecule has 0 radical (unpaired) electrons. The summed E-state index contributed by atoms with van der Waals surface area (Å²) in [5, 5.41) is 15.1. The molecule has 1 aliphatic carbocycles. The first kappa shape index (κ1) is 28.6. The Hall–Kier alpha value is -0.920. The van der Waals surface area contributed by atoms with Gasteiger partial charge in [0, 0.05) is 57.4 Å². The van der Waals surface area contributed by atoms with Crippen LogP contribution in [-0.4, -0.2) is 92.9 Å². The van der Waals surface area contributed by atoms with Crippen LogP contribution in [0.1, 0.15) is 83.5 Å². The maximum Gasteiger partial charge on any atom is 0.0569 e. The van der Waals surface area contributed by atoms with Gasteiger partial charge in [-0.15, -0.1) is 0 Å². The van der Waals surface area contributed by atoms with Gasteiger partial charge in [0.25, 0.3) is 0 Å². The fourth-order valence-electron chi connectivity index (χ4n) is 7.97. The predicted molar refractivity (Wildman–Crippen MR) is 160 cm³/mol. The van der Waals surface area contributed by atoms with Crippen LogP contribution in [0.25, 0.3) is 0 Å². The maximum absolute atomic E-state index is 3.85. The lowest BCUT2D eigenvalue weighted by molar-refractivity contribution is 0.117. The summed E-state index contributed by atoms with van der Waals surface area (Å²) in [6.07, 6.45) is 26.9. The first-order chi connectivity index (χ1) is 18.8. The second-order valence-corrected chi connectivity index (χ2v) is 13.3. The Morgan fingerprint density at radius 3 is 1.50 bits per heavy atom. The third-order valence-corrected chi connectivity index (χ3v) is 9.91. The lowest BCUT2D eigenvalue weighted by atomic mass is 9.80. The van der Waals surface area contributed by atoms with Crippen LogP contribution in [-0.2, 0) is 0 Å². The Bertz CT molecular complexity index is 687. The highest BCUT2D eigenvalue weighted by molar-refractivity contribution is 5.12. The van der Waals surface area contributed by atoms with E-state index in [1.807, 2.05) is 0 Å². The lowest BCUT2D eigenvalue weighted by Crippen LogP contribution is -2.51. The van der Waals surface area contributed by atoms with Gasteiger partial charge in [0.1, 0.15) is 0 Å². The summed E-state index contributed by atoms with van der Waals surface area (Å²) in [6.45, 7) is 11.1. The van der Waals surface area contributed by atoms with Gasteiger partial charge in [0.15, 0.2) is 0 Å². The monoisotopic (exact) mass is 526 g/mol. The molecule has 216 valence electrons. The van der Waals surface area contributed by atoms with Gasteiger partial charge in [0.05, 0.1) is 6.04 Å². The molecule has 3 saturated heterocycles. The minimum atomic E-state index is 0.449. The van der Waals surface area contributed by atoms with Crippen molar-refractivity contribution in [1.82, 2.24) is 31.1 Å². The summed E-state index contributed by atoms with van der Waals surface area (Å²) in [6, 6.07) is 2.53. The summed E-state index contributed by atoms with van der Waals surface area (Å²) < 4.78 is 0. The van der Waals surface area contributed by atoms with Gasteiger partial charge in [0.2, 0.25) is 0 Å². The van der Waals surface area contributed by atoms with E-state index in [4.69, 9.17) is 0 Å². The molecule has 1 saturated carbocycles. The molecule has 0 bridgehead atoms. The van der Waals surface area contributed by atoms with Gasteiger partial charge in [-0.3, -0.25) is 9.80 Å². The molecule has 0 amide bonds. The highest BCUT2D eigenvalue weighted by atomic mass is 15.2. The highest BCUT2D eigenvalue weighted by Gasteiger charge is 2.29. The van der Waals surface area contributed by atoms with Gasteiger partial charge in [-0.05, 0) is 102 Å². The summed E-state index contributed by atoms with van der Waals surface area (Å²) in [4.78, 5) is 5.69. The third-order valence-electron chi connectivity index (χ3n) is 9.91. The molecule has 5 aliphatic rings. The van der Waals surface area contributed by atoms with Crippen LogP contribution in [0.15, 0.2) is 24.4 Å². The van der Waals surface area contributed by atoms with E-state index in [1.165, 1.54) is 136 Å². The first-order valence-corrected chi connectivity index (χ1v) is 16.5. The average molecular weight is 527 g/mol. The van der Waals surface area contributed by atoms with E-state index < -0.39 is 0 Å². The maximum atomic E-state index is 3.85. The zero-order chi connectivity index (χ0) is 25.8. The molecule has 4 fully saturated rings. The average Bonchev–Trinajstić information content (AvgIpc) is 2.95. The zero-order valence-corrected chi connectivity index (χ0v) is 24.2. The number of dihydropyridines is 1. The zero-order valence-electron chi connectivity index (χ0n) is 24.2. The van der Waals surface area contributed by atoms with E-state index in [2.05, 4.69) is 55.5 Å². The molecule has 4 heterocycles. The number of rotatable bonds is 12. The molecule has 6 heteroatoms. The second-order valence-electron chi connectivity index (χ2n) is 13.3. The van der Waals surface area contributed by atoms with Gasteiger partial charge in [-0.1, -0.05) is 37.8 Å². The van der Waals surface area contributed by atoms with Crippen molar-refractivity contribution in [3.8, 4) is 0 Å². The van der Waals surface area contributed by atoms with Crippen LogP contribution in [0.3, 0.4) is 0 Å². The second kappa shape index (κ2) is 15.8. The molecule has 0 aromatic rings. The molecular formula is C32H58N6. The van der Waals surface area contributed by atoms with Crippen LogP contribution in [0, 0.1) is 11.8 Å². The number of nitrogens with zero attached hydrogens (tertiary/aromatic N) is 2. The van der Waals surface area contributed by atoms with Crippen molar-refractivity contribution in [2.24, 2.45) is 11.8 Å². The standard InChI is InChI=1S/C32H58N6/c1-5-16-33-29(12-1)23-37(24-30-13-2-6-17-34-30)21-27-10-9-11-28(20-27)22-38(25-31-14-3-7-18-35-31)26-32-15-4-8-19-36-32/h1,5,12,16,27-36H,2-4,6-11,13-15,17-26H2. The van der Waals surface area contributed by atoms with Crippen molar-refractivity contribution in [3.63, 3.8) is 0 Å². The quantitative estimate of drug-likeness (QED) is 0.310. The van der Waals surface area contributed by atoms with Crippen LogP contribution in [0.2, 0.25) is 0 Å². The van der Waals surface area contributed by atoms with Crippen molar-refractivity contribution < 1.29 is 0 Å². The molecule has 6 unspecified atom stereocenters. The predicted octanol–water partition coefficient (Wildman–Crippen LogP) is 3.86. The van der Waals surface area contributed by atoms with Gasteiger partial charge in [-0.2, -0.15) is 0 Å². The molecule has 38 heavy (non-hydrogen) atoms. The highest BCUT2D eigenvalue weighted by Crippen LogP contribution is 2.31. The molecule has 6 nitrogen and oxygen atoms in total. The van der Waals surface area contributed by atoms with Crippen LogP contribution in [0.5, 0.6) is 0 Å². The number of hydrogen-bond donors (Lipinski definition) is 4. The van der Waals surface area contributed by atoms with Gasteiger partial charge >= 0.3 is 0 Å². The molecule has 4 N–H and O–H groups in total. The van der Waals surface area contributed by atoms with Gasteiger partial charge in [-0.25, -0.2) is 0 Å². The Morgan fingerprint density at radius 2 is 1.05 bits per heavy atom. The largest absolute Gasteiger partial charge is 0.383 e. The van der Waals surface area contributed by atoms with Crippen molar-refractivity contribution >= 4 is 0 Å². The summed E-state index contributed by atoms with van der Waals surface area (Å²) in [5.74, 6) is 1.72. The summed E-state index contributed by atoms with van der Waals surface area (Å²) in [7, 11) is 0. The Labute approximate surface area is 233 Å². The van der Waals surface area contributed by atoms with Crippen LogP contribution < -0.4 is 21.3 Å². The van der Waals surface area contributed by atoms with Crippen molar-refractivity contribution in [1.29, 1.82) is 0 Å². The SMILES string of the molecule is C1=CNC(CN(CC2CCCC(CN(CC3CCCCN3)CC3CCCCN3)C2)CC2CCCCN2)C=C1. The van der Waals surface area contributed by atoms with Crippen molar-refractivity contribution in [2.45, 2.75) is 108 Å². The molecule has 5 rings (SSSR count). The van der Waals surface area contributed by atoms with E-state index in [-0.39, 0.29) is 0 Å². The molecule has 0 aromatic carbocycles. The summed E-state index contributed by atoms with van der Waals surface area (Å²) in [5.41, 5.74) is 0. The normalized spacial score (nSPS) is 34.5. The topological polar surface area (TPSA) is 54.6 Å². The lowest BCUT2D eigenvalue weighted by Gasteiger charge is -2.40. The van der Waals surface area contributed by atoms with E-state index >= 15 is 0 Å². The smallest absolute Gasteiger partial charge is 0.0569 e. The number of allylic oxidation sites excluding steroid dienone is 2.